The highest BCUT2D eigenvalue weighted by Crippen LogP contribution is 2.29. The molecule has 2 aliphatic rings. The summed E-state index contributed by atoms with van der Waals surface area (Å²) in [5.74, 6) is 0.879. The van der Waals surface area contributed by atoms with Gasteiger partial charge in [-0.05, 0) is 37.4 Å². The van der Waals surface area contributed by atoms with Crippen LogP contribution in [0.15, 0.2) is 12.1 Å². The first kappa shape index (κ1) is 13.7. The van der Waals surface area contributed by atoms with Crippen LogP contribution in [0, 0.1) is 0 Å². The van der Waals surface area contributed by atoms with Crippen LogP contribution in [0.4, 0.5) is 14.6 Å². The number of halogens is 2. The number of anilines is 1. The molecule has 0 aromatic carbocycles. The lowest BCUT2D eigenvalue weighted by molar-refractivity contribution is 0.129. The zero-order chi connectivity index (χ0) is 14.1. The molecule has 3 rings (SSSR count). The Morgan fingerprint density at radius 2 is 2.20 bits per heavy atom. The van der Waals surface area contributed by atoms with E-state index in [1.807, 2.05) is 12.1 Å². The summed E-state index contributed by atoms with van der Waals surface area (Å²) in [5.41, 5.74) is 2.25. The highest BCUT2D eigenvalue weighted by atomic mass is 19.2. The smallest absolute Gasteiger partial charge is 0.205 e. The van der Waals surface area contributed by atoms with Crippen molar-refractivity contribution in [1.82, 2.24) is 10.3 Å². The number of hydrogen-bond donors (Lipinski definition) is 1. The second-order valence-corrected chi connectivity index (χ2v) is 5.79. The Morgan fingerprint density at radius 3 is 3.05 bits per heavy atom. The van der Waals surface area contributed by atoms with Crippen LogP contribution in [0.2, 0.25) is 0 Å². The van der Waals surface area contributed by atoms with Crippen LogP contribution in [-0.4, -0.2) is 37.1 Å². The van der Waals surface area contributed by atoms with Crippen LogP contribution >= 0.6 is 0 Å². The number of nitrogens with one attached hydrogen (secondary N) is 1. The molecule has 5 heteroatoms. The molecule has 0 radical (unpaired) electrons. The number of pyridine rings is 1. The molecule has 1 N–H and O–H groups in total. The molecule has 2 aliphatic heterocycles. The number of rotatable bonds is 1. The first-order valence-corrected chi connectivity index (χ1v) is 7.42. The molecule has 1 aromatic rings. The van der Waals surface area contributed by atoms with Gasteiger partial charge in [0.1, 0.15) is 12.0 Å². The Morgan fingerprint density at radius 1 is 1.35 bits per heavy atom. The normalized spacial score (nSPS) is 30.8. The second-order valence-electron chi connectivity index (χ2n) is 5.79. The maximum atomic E-state index is 14.0. The van der Waals surface area contributed by atoms with Crippen molar-refractivity contribution in [3.8, 4) is 0 Å². The number of alkyl halides is 2. The molecule has 3 atom stereocenters. The standard InChI is InChI=1S/C15H21F2N3/c1-10-9-18-7-6-11-4-5-13(19-14(10)11)20-8-2-3-12(16)15(20)17/h4-5,10,12,15,18H,2-3,6-9H2,1H3/t10-,12?,15?/m0/s1. The minimum absolute atomic E-state index is 0.302. The molecular weight excluding hydrogens is 260 g/mol. The predicted molar refractivity (Wildman–Crippen MR) is 75.6 cm³/mol. The van der Waals surface area contributed by atoms with Crippen molar-refractivity contribution < 1.29 is 8.78 Å². The van der Waals surface area contributed by atoms with Gasteiger partial charge in [0.25, 0.3) is 0 Å². The van der Waals surface area contributed by atoms with Crippen LogP contribution in [-0.2, 0) is 6.42 Å². The Hall–Kier alpha value is -1.23. The lowest BCUT2D eigenvalue weighted by atomic mass is 10.0. The fourth-order valence-corrected chi connectivity index (χ4v) is 3.08. The molecule has 110 valence electrons. The Kier molecular flexibility index (Phi) is 3.87. The minimum Gasteiger partial charge on any atom is -0.324 e. The quantitative estimate of drug-likeness (QED) is 0.802. The highest BCUT2D eigenvalue weighted by molar-refractivity contribution is 5.44. The second kappa shape index (κ2) is 5.64. The molecule has 3 nitrogen and oxygen atoms in total. The maximum Gasteiger partial charge on any atom is 0.205 e. The average Bonchev–Trinajstić information content (AvgIpc) is 2.64. The number of piperidine rings is 1. The van der Waals surface area contributed by atoms with E-state index in [1.165, 1.54) is 10.5 Å². The van der Waals surface area contributed by atoms with Crippen molar-refractivity contribution in [2.45, 2.75) is 44.6 Å². The summed E-state index contributed by atoms with van der Waals surface area (Å²) in [6.07, 6.45) is -1.03. The molecule has 0 amide bonds. The van der Waals surface area contributed by atoms with Crippen molar-refractivity contribution in [3.05, 3.63) is 23.4 Å². The molecule has 1 fully saturated rings. The monoisotopic (exact) mass is 281 g/mol. The van der Waals surface area contributed by atoms with Crippen molar-refractivity contribution >= 4 is 5.82 Å². The van der Waals surface area contributed by atoms with Gasteiger partial charge in [0.15, 0.2) is 0 Å². The summed E-state index contributed by atoms with van der Waals surface area (Å²) in [6, 6.07) is 3.86. The number of aromatic nitrogens is 1. The van der Waals surface area contributed by atoms with E-state index in [1.54, 1.807) is 0 Å². The molecule has 0 aliphatic carbocycles. The third kappa shape index (κ3) is 2.51. The largest absolute Gasteiger partial charge is 0.324 e. The van der Waals surface area contributed by atoms with E-state index in [0.29, 0.717) is 31.1 Å². The number of nitrogens with zero attached hydrogens (tertiary/aromatic N) is 2. The molecule has 0 saturated carbocycles. The molecule has 2 unspecified atom stereocenters. The first-order chi connectivity index (χ1) is 9.66. The van der Waals surface area contributed by atoms with Crippen LogP contribution in [0.25, 0.3) is 0 Å². The number of hydrogen-bond acceptors (Lipinski definition) is 3. The summed E-state index contributed by atoms with van der Waals surface area (Å²) < 4.78 is 27.6. The predicted octanol–water partition coefficient (Wildman–Crippen LogP) is 2.56. The van der Waals surface area contributed by atoms with Crippen molar-refractivity contribution in [3.63, 3.8) is 0 Å². The van der Waals surface area contributed by atoms with Crippen LogP contribution in [0.5, 0.6) is 0 Å². The zero-order valence-electron chi connectivity index (χ0n) is 11.8. The van der Waals surface area contributed by atoms with Gasteiger partial charge in [-0.15, -0.1) is 0 Å². The van der Waals surface area contributed by atoms with E-state index in [4.69, 9.17) is 0 Å². The van der Waals surface area contributed by atoms with E-state index < -0.39 is 12.5 Å². The van der Waals surface area contributed by atoms with Gasteiger partial charge < -0.3 is 10.2 Å². The van der Waals surface area contributed by atoms with Crippen molar-refractivity contribution in [2.24, 2.45) is 0 Å². The fraction of sp³-hybridized carbons (Fsp3) is 0.667. The number of fused-ring (bicyclic) bond motifs is 1. The molecular formula is C15H21F2N3. The summed E-state index contributed by atoms with van der Waals surface area (Å²) >= 11 is 0. The molecule has 1 saturated heterocycles. The van der Waals surface area contributed by atoms with E-state index in [0.717, 1.165) is 25.2 Å². The van der Waals surface area contributed by atoms with E-state index in [-0.39, 0.29) is 0 Å². The zero-order valence-corrected chi connectivity index (χ0v) is 11.8. The summed E-state index contributed by atoms with van der Waals surface area (Å²) in [5, 5.41) is 3.37. The SMILES string of the molecule is C[C@H]1CNCCc2ccc(N3CCCC(F)C3F)nc21. The first-order valence-electron chi connectivity index (χ1n) is 7.42. The Labute approximate surface area is 118 Å². The Bertz CT molecular complexity index is 480. The van der Waals surface area contributed by atoms with E-state index >= 15 is 0 Å². The van der Waals surface area contributed by atoms with Crippen LogP contribution in [0.3, 0.4) is 0 Å². The van der Waals surface area contributed by atoms with Crippen molar-refractivity contribution in [1.29, 1.82) is 0 Å². The third-order valence-electron chi connectivity index (χ3n) is 4.26. The van der Waals surface area contributed by atoms with Gasteiger partial charge in [0.2, 0.25) is 6.30 Å². The van der Waals surface area contributed by atoms with E-state index in [9.17, 15) is 8.78 Å². The molecule has 0 bridgehead atoms. The van der Waals surface area contributed by atoms with Gasteiger partial charge in [-0.3, -0.25) is 0 Å². The maximum absolute atomic E-state index is 14.0. The summed E-state index contributed by atoms with van der Waals surface area (Å²) in [7, 11) is 0. The summed E-state index contributed by atoms with van der Waals surface area (Å²) in [6.45, 7) is 4.49. The average molecular weight is 281 g/mol. The van der Waals surface area contributed by atoms with Crippen LogP contribution in [0.1, 0.15) is 36.9 Å². The minimum atomic E-state index is -1.56. The van der Waals surface area contributed by atoms with Crippen LogP contribution < -0.4 is 10.2 Å². The molecule has 0 spiro atoms. The molecule has 20 heavy (non-hydrogen) atoms. The fourth-order valence-electron chi connectivity index (χ4n) is 3.08. The topological polar surface area (TPSA) is 28.2 Å². The lowest BCUT2D eigenvalue weighted by Crippen LogP contribution is -2.44. The van der Waals surface area contributed by atoms with Gasteiger partial charge in [0.05, 0.1) is 5.69 Å². The Balaban J connectivity index is 1.91. The highest BCUT2D eigenvalue weighted by Gasteiger charge is 2.32. The van der Waals surface area contributed by atoms with Gasteiger partial charge in [-0.25, -0.2) is 13.8 Å². The third-order valence-corrected chi connectivity index (χ3v) is 4.26. The lowest BCUT2D eigenvalue weighted by Gasteiger charge is -2.34. The summed E-state index contributed by atoms with van der Waals surface area (Å²) in [4.78, 5) is 6.11. The van der Waals surface area contributed by atoms with Gasteiger partial charge in [-0.2, -0.15) is 0 Å². The van der Waals surface area contributed by atoms with Gasteiger partial charge in [-0.1, -0.05) is 13.0 Å². The molecule has 3 heterocycles. The van der Waals surface area contributed by atoms with Gasteiger partial charge >= 0.3 is 0 Å². The van der Waals surface area contributed by atoms with Crippen molar-refractivity contribution in [2.75, 3.05) is 24.5 Å². The molecule has 1 aromatic heterocycles. The van der Waals surface area contributed by atoms with E-state index in [2.05, 4.69) is 17.2 Å². The van der Waals surface area contributed by atoms with Gasteiger partial charge in [0, 0.05) is 19.0 Å².